The van der Waals surface area contributed by atoms with Crippen LogP contribution in [0.4, 0.5) is 0 Å². The standard InChI is InChI=1S/C16H28N2O3/c19-16(12-14-2-1-9-21-13-14)18-7-5-17(6-8-18)15-3-10-20-11-4-15/h14-15H,1-13H2. The molecule has 5 heteroatoms. The van der Waals surface area contributed by atoms with Gasteiger partial charge in [0.05, 0.1) is 0 Å². The molecule has 0 aliphatic carbocycles. The first-order chi connectivity index (χ1) is 10.3. The van der Waals surface area contributed by atoms with Crippen molar-refractivity contribution >= 4 is 5.91 Å². The Kier molecular flexibility index (Phi) is 5.49. The molecule has 1 amide bonds. The lowest BCUT2D eigenvalue weighted by molar-refractivity contribution is -0.135. The van der Waals surface area contributed by atoms with Crippen molar-refractivity contribution in [1.82, 2.24) is 9.80 Å². The first kappa shape index (κ1) is 15.3. The lowest BCUT2D eigenvalue weighted by atomic mass is 9.97. The van der Waals surface area contributed by atoms with Crippen molar-refractivity contribution < 1.29 is 14.3 Å². The van der Waals surface area contributed by atoms with Crippen LogP contribution in [0.2, 0.25) is 0 Å². The highest BCUT2D eigenvalue weighted by molar-refractivity contribution is 5.76. The summed E-state index contributed by atoms with van der Waals surface area (Å²) < 4.78 is 10.9. The van der Waals surface area contributed by atoms with Gasteiger partial charge in [-0.25, -0.2) is 0 Å². The molecule has 3 rings (SSSR count). The number of carbonyl (C=O) groups is 1. The number of ether oxygens (including phenoxy) is 2. The fourth-order valence-corrected chi connectivity index (χ4v) is 3.73. The van der Waals surface area contributed by atoms with E-state index in [1.54, 1.807) is 0 Å². The monoisotopic (exact) mass is 296 g/mol. The molecule has 0 bridgehead atoms. The SMILES string of the molecule is O=C(CC1CCCOC1)N1CCN(C2CCOCC2)CC1. The maximum atomic E-state index is 12.4. The maximum Gasteiger partial charge on any atom is 0.223 e. The van der Waals surface area contributed by atoms with Gasteiger partial charge in [0.1, 0.15) is 0 Å². The van der Waals surface area contributed by atoms with E-state index in [4.69, 9.17) is 9.47 Å². The number of carbonyl (C=O) groups excluding carboxylic acids is 1. The van der Waals surface area contributed by atoms with Crippen LogP contribution in [0.25, 0.3) is 0 Å². The second kappa shape index (κ2) is 7.56. The Labute approximate surface area is 127 Å². The minimum Gasteiger partial charge on any atom is -0.381 e. The van der Waals surface area contributed by atoms with E-state index in [1.165, 1.54) is 0 Å². The minimum atomic E-state index is 0.331. The number of amides is 1. The molecule has 1 atom stereocenters. The summed E-state index contributed by atoms with van der Waals surface area (Å²) in [5.74, 6) is 0.775. The van der Waals surface area contributed by atoms with Gasteiger partial charge in [-0.2, -0.15) is 0 Å². The second-order valence-electron chi connectivity index (χ2n) is 6.55. The minimum absolute atomic E-state index is 0.331. The van der Waals surface area contributed by atoms with Crippen molar-refractivity contribution in [3.8, 4) is 0 Å². The number of hydrogen-bond acceptors (Lipinski definition) is 4. The van der Waals surface area contributed by atoms with Gasteiger partial charge in [0.25, 0.3) is 0 Å². The second-order valence-corrected chi connectivity index (χ2v) is 6.55. The summed E-state index contributed by atoms with van der Waals surface area (Å²) in [7, 11) is 0. The van der Waals surface area contributed by atoms with Crippen LogP contribution < -0.4 is 0 Å². The van der Waals surface area contributed by atoms with Crippen molar-refractivity contribution in [2.24, 2.45) is 5.92 Å². The molecule has 0 saturated carbocycles. The zero-order valence-electron chi connectivity index (χ0n) is 13.0. The quantitative estimate of drug-likeness (QED) is 0.783. The summed E-state index contributed by atoms with van der Waals surface area (Å²) in [5, 5.41) is 0. The third-order valence-electron chi connectivity index (χ3n) is 5.09. The highest BCUT2D eigenvalue weighted by Gasteiger charge is 2.28. The number of rotatable bonds is 3. The molecular weight excluding hydrogens is 268 g/mol. The van der Waals surface area contributed by atoms with E-state index in [0.717, 1.165) is 78.3 Å². The van der Waals surface area contributed by atoms with Gasteiger partial charge in [-0.15, -0.1) is 0 Å². The van der Waals surface area contributed by atoms with Gasteiger partial charge in [-0.3, -0.25) is 9.69 Å². The molecular formula is C16H28N2O3. The summed E-state index contributed by atoms with van der Waals surface area (Å²) in [5.41, 5.74) is 0. The first-order valence-electron chi connectivity index (χ1n) is 8.50. The molecule has 3 fully saturated rings. The number of hydrogen-bond donors (Lipinski definition) is 0. The van der Waals surface area contributed by atoms with Gasteiger partial charge in [-0.05, 0) is 31.6 Å². The first-order valence-corrected chi connectivity index (χ1v) is 8.50. The molecule has 1 unspecified atom stereocenters. The Morgan fingerprint density at radius 3 is 2.38 bits per heavy atom. The van der Waals surface area contributed by atoms with Crippen molar-refractivity contribution in [2.45, 2.75) is 38.1 Å². The molecule has 0 radical (unpaired) electrons. The van der Waals surface area contributed by atoms with Gasteiger partial charge in [-0.1, -0.05) is 0 Å². The summed E-state index contributed by atoms with van der Waals surface area (Å²) in [4.78, 5) is 17.0. The fourth-order valence-electron chi connectivity index (χ4n) is 3.73. The van der Waals surface area contributed by atoms with E-state index in [2.05, 4.69) is 9.80 Å². The van der Waals surface area contributed by atoms with Crippen LogP contribution in [0.3, 0.4) is 0 Å². The van der Waals surface area contributed by atoms with Crippen LogP contribution in [0.15, 0.2) is 0 Å². The highest BCUT2D eigenvalue weighted by atomic mass is 16.5. The average molecular weight is 296 g/mol. The van der Waals surface area contributed by atoms with E-state index in [9.17, 15) is 4.79 Å². The van der Waals surface area contributed by atoms with Gasteiger partial charge in [0.2, 0.25) is 5.91 Å². The Morgan fingerprint density at radius 2 is 1.71 bits per heavy atom. The van der Waals surface area contributed by atoms with Gasteiger partial charge >= 0.3 is 0 Å². The van der Waals surface area contributed by atoms with E-state index >= 15 is 0 Å². The highest BCUT2D eigenvalue weighted by Crippen LogP contribution is 2.20. The van der Waals surface area contributed by atoms with E-state index < -0.39 is 0 Å². The van der Waals surface area contributed by atoms with Crippen LogP contribution in [0.1, 0.15) is 32.1 Å². The predicted octanol–water partition coefficient (Wildman–Crippen LogP) is 1.13. The lowest BCUT2D eigenvalue weighted by Crippen LogP contribution is -2.53. The molecule has 3 saturated heterocycles. The van der Waals surface area contributed by atoms with E-state index in [-0.39, 0.29) is 0 Å². The van der Waals surface area contributed by atoms with Crippen molar-refractivity contribution in [1.29, 1.82) is 0 Å². The Morgan fingerprint density at radius 1 is 0.952 bits per heavy atom. The molecule has 0 N–H and O–H groups in total. The maximum absolute atomic E-state index is 12.4. The zero-order valence-corrected chi connectivity index (χ0v) is 13.0. The number of piperazine rings is 1. The molecule has 3 aliphatic rings. The summed E-state index contributed by atoms with van der Waals surface area (Å²) in [6.45, 7) is 7.27. The molecule has 120 valence electrons. The fraction of sp³-hybridized carbons (Fsp3) is 0.938. The van der Waals surface area contributed by atoms with Gasteiger partial charge in [0, 0.05) is 65.1 Å². The topological polar surface area (TPSA) is 42.0 Å². The number of nitrogens with zero attached hydrogens (tertiary/aromatic N) is 2. The van der Waals surface area contributed by atoms with Gasteiger partial charge in [0.15, 0.2) is 0 Å². The van der Waals surface area contributed by atoms with Crippen LogP contribution in [-0.4, -0.2) is 74.4 Å². The van der Waals surface area contributed by atoms with Crippen LogP contribution in [0.5, 0.6) is 0 Å². The van der Waals surface area contributed by atoms with E-state index in [1.807, 2.05) is 0 Å². The summed E-state index contributed by atoms with van der Waals surface area (Å²) in [6, 6.07) is 0.669. The van der Waals surface area contributed by atoms with E-state index in [0.29, 0.717) is 24.3 Å². The van der Waals surface area contributed by atoms with Crippen LogP contribution in [0, 0.1) is 5.92 Å². The predicted molar refractivity (Wildman–Crippen MR) is 80.2 cm³/mol. The van der Waals surface area contributed by atoms with Crippen LogP contribution >= 0.6 is 0 Å². The van der Waals surface area contributed by atoms with Gasteiger partial charge < -0.3 is 14.4 Å². The molecule has 21 heavy (non-hydrogen) atoms. The Balaban J connectivity index is 1.40. The largest absolute Gasteiger partial charge is 0.381 e. The average Bonchev–Trinajstić information content (AvgIpc) is 2.57. The summed E-state index contributed by atoms with van der Waals surface area (Å²) in [6.07, 6.45) is 5.22. The van der Waals surface area contributed by atoms with Crippen molar-refractivity contribution in [3.63, 3.8) is 0 Å². The summed E-state index contributed by atoms with van der Waals surface area (Å²) >= 11 is 0. The third kappa shape index (κ3) is 4.18. The molecule has 0 spiro atoms. The normalized spacial score (nSPS) is 29.5. The van der Waals surface area contributed by atoms with Crippen molar-refractivity contribution in [2.75, 3.05) is 52.6 Å². The molecule has 5 nitrogen and oxygen atoms in total. The molecule has 0 aromatic heterocycles. The molecule has 0 aromatic rings. The smallest absolute Gasteiger partial charge is 0.223 e. The molecule has 0 aromatic carbocycles. The Hall–Kier alpha value is -0.650. The Bertz CT molecular complexity index is 330. The molecule has 3 heterocycles. The lowest BCUT2D eigenvalue weighted by Gasteiger charge is -2.41. The van der Waals surface area contributed by atoms with Crippen LogP contribution in [-0.2, 0) is 14.3 Å². The van der Waals surface area contributed by atoms with Crippen molar-refractivity contribution in [3.05, 3.63) is 0 Å². The molecule has 3 aliphatic heterocycles. The zero-order chi connectivity index (χ0) is 14.5. The third-order valence-corrected chi connectivity index (χ3v) is 5.09.